The van der Waals surface area contributed by atoms with Gasteiger partial charge >= 0.3 is 0 Å². The summed E-state index contributed by atoms with van der Waals surface area (Å²) in [6.07, 6.45) is 4.72. The molecule has 0 atom stereocenters. The number of hydrogen-bond donors (Lipinski definition) is 1. The molecule has 0 unspecified atom stereocenters. The molecule has 0 fully saturated rings. The van der Waals surface area contributed by atoms with Gasteiger partial charge in [0.25, 0.3) is 5.91 Å². The highest BCUT2D eigenvalue weighted by Gasteiger charge is 2.07. The van der Waals surface area contributed by atoms with E-state index in [-0.39, 0.29) is 5.91 Å². The average Bonchev–Trinajstić information content (AvgIpc) is 3.13. The molecular formula is C12H9N5OS. The molecule has 0 bridgehead atoms. The normalized spacial score (nSPS) is 10.3. The predicted octanol–water partition coefficient (Wildman–Crippen LogP) is 1.98. The van der Waals surface area contributed by atoms with Crippen LogP contribution in [0.2, 0.25) is 0 Å². The Hall–Kier alpha value is -2.54. The molecule has 0 spiro atoms. The van der Waals surface area contributed by atoms with E-state index in [9.17, 15) is 4.79 Å². The SMILES string of the molecule is O=C(Nc1ccc(-n2cnnc2)nc1)c1cccs1. The van der Waals surface area contributed by atoms with Gasteiger partial charge in [0.1, 0.15) is 18.5 Å². The maximum atomic E-state index is 11.8. The lowest BCUT2D eigenvalue weighted by molar-refractivity contribution is 0.103. The first-order valence-corrected chi connectivity index (χ1v) is 6.37. The van der Waals surface area contributed by atoms with Crippen LogP contribution < -0.4 is 5.32 Å². The fourth-order valence-electron chi connectivity index (χ4n) is 1.53. The van der Waals surface area contributed by atoms with Gasteiger partial charge in [0.05, 0.1) is 16.8 Å². The summed E-state index contributed by atoms with van der Waals surface area (Å²) in [6, 6.07) is 7.19. The fraction of sp³-hybridized carbons (Fsp3) is 0. The van der Waals surface area contributed by atoms with Crippen molar-refractivity contribution < 1.29 is 4.79 Å². The van der Waals surface area contributed by atoms with E-state index in [2.05, 4.69) is 20.5 Å². The molecule has 7 heteroatoms. The van der Waals surface area contributed by atoms with Gasteiger partial charge < -0.3 is 5.32 Å². The van der Waals surface area contributed by atoms with Crippen molar-refractivity contribution in [3.05, 3.63) is 53.4 Å². The van der Waals surface area contributed by atoms with Gasteiger partial charge in [0, 0.05) is 0 Å². The van der Waals surface area contributed by atoms with Crippen molar-refractivity contribution in [2.75, 3.05) is 5.32 Å². The van der Waals surface area contributed by atoms with Gasteiger partial charge in [0.15, 0.2) is 0 Å². The Labute approximate surface area is 112 Å². The van der Waals surface area contributed by atoms with Crippen molar-refractivity contribution in [2.45, 2.75) is 0 Å². The van der Waals surface area contributed by atoms with Gasteiger partial charge in [-0.15, -0.1) is 21.5 Å². The molecule has 0 radical (unpaired) electrons. The molecule has 0 aliphatic carbocycles. The Morgan fingerprint density at radius 3 is 2.68 bits per heavy atom. The molecule has 19 heavy (non-hydrogen) atoms. The van der Waals surface area contributed by atoms with E-state index >= 15 is 0 Å². The Bertz CT molecular complexity index is 661. The second kappa shape index (κ2) is 4.99. The van der Waals surface area contributed by atoms with E-state index < -0.39 is 0 Å². The number of thiophene rings is 1. The van der Waals surface area contributed by atoms with Crippen LogP contribution >= 0.6 is 11.3 Å². The number of carbonyl (C=O) groups is 1. The molecular weight excluding hydrogens is 262 g/mol. The highest BCUT2D eigenvalue weighted by atomic mass is 32.1. The van der Waals surface area contributed by atoms with Crippen LogP contribution in [0.15, 0.2) is 48.5 Å². The monoisotopic (exact) mass is 271 g/mol. The van der Waals surface area contributed by atoms with Crippen LogP contribution in [0.4, 0.5) is 5.69 Å². The van der Waals surface area contributed by atoms with Gasteiger partial charge in [-0.1, -0.05) is 6.07 Å². The maximum Gasteiger partial charge on any atom is 0.265 e. The van der Waals surface area contributed by atoms with Gasteiger partial charge in [-0.3, -0.25) is 9.36 Å². The lowest BCUT2D eigenvalue weighted by Crippen LogP contribution is -2.10. The van der Waals surface area contributed by atoms with Crippen LogP contribution in [0.3, 0.4) is 0 Å². The summed E-state index contributed by atoms with van der Waals surface area (Å²) in [7, 11) is 0. The molecule has 6 nitrogen and oxygen atoms in total. The number of hydrogen-bond acceptors (Lipinski definition) is 5. The molecule has 1 N–H and O–H groups in total. The zero-order chi connectivity index (χ0) is 13.1. The summed E-state index contributed by atoms with van der Waals surface area (Å²) in [6.45, 7) is 0. The van der Waals surface area contributed by atoms with E-state index in [1.54, 1.807) is 41.6 Å². The second-order valence-electron chi connectivity index (χ2n) is 3.71. The van der Waals surface area contributed by atoms with Crippen LogP contribution in [-0.2, 0) is 0 Å². The van der Waals surface area contributed by atoms with Crippen molar-refractivity contribution in [2.24, 2.45) is 0 Å². The minimum absolute atomic E-state index is 0.131. The molecule has 3 heterocycles. The maximum absolute atomic E-state index is 11.8. The van der Waals surface area contributed by atoms with E-state index in [1.807, 2.05) is 11.4 Å². The molecule has 3 aromatic rings. The van der Waals surface area contributed by atoms with Gasteiger partial charge in [-0.05, 0) is 23.6 Å². The van der Waals surface area contributed by atoms with Crippen LogP contribution in [0, 0.1) is 0 Å². The molecule has 0 aliphatic heterocycles. The first kappa shape index (κ1) is 11.5. The smallest absolute Gasteiger partial charge is 0.265 e. The molecule has 3 rings (SSSR count). The predicted molar refractivity (Wildman–Crippen MR) is 71.4 cm³/mol. The summed E-state index contributed by atoms with van der Waals surface area (Å²) < 4.78 is 1.69. The Kier molecular flexibility index (Phi) is 3.03. The summed E-state index contributed by atoms with van der Waals surface area (Å²) in [5, 5.41) is 12.1. The van der Waals surface area contributed by atoms with Crippen LogP contribution in [0.25, 0.3) is 5.82 Å². The lowest BCUT2D eigenvalue weighted by Gasteiger charge is -2.04. The molecule has 0 saturated carbocycles. The molecule has 1 amide bonds. The van der Waals surface area contributed by atoms with Crippen LogP contribution in [0.5, 0.6) is 0 Å². The molecule has 0 aliphatic rings. The Balaban J connectivity index is 1.75. The largest absolute Gasteiger partial charge is 0.320 e. The van der Waals surface area contributed by atoms with Crippen molar-refractivity contribution in [1.29, 1.82) is 0 Å². The van der Waals surface area contributed by atoms with Gasteiger partial charge in [-0.25, -0.2) is 4.98 Å². The fourth-order valence-corrected chi connectivity index (χ4v) is 2.15. The zero-order valence-corrected chi connectivity index (χ0v) is 10.5. The minimum atomic E-state index is -0.131. The molecule has 3 aromatic heterocycles. The van der Waals surface area contributed by atoms with Gasteiger partial charge in [-0.2, -0.15) is 0 Å². The second-order valence-corrected chi connectivity index (χ2v) is 4.65. The average molecular weight is 271 g/mol. The molecule has 94 valence electrons. The quantitative estimate of drug-likeness (QED) is 0.790. The number of aromatic nitrogens is 4. The standard InChI is InChI=1S/C12H9N5OS/c18-12(10-2-1-5-19-10)16-9-3-4-11(13-6-9)17-7-14-15-8-17/h1-8H,(H,16,18). The highest BCUT2D eigenvalue weighted by molar-refractivity contribution is 7.12. The van der Waals surface area contributed by atoms with Crippen LogP contribution in [0.1, 0.15) is 9.67 Å². The number of amides is 1. The Morgan fingerprint density at radius 2 is 2.05 bits per heavy atom. The first-order chi connectivity index (χ1) is 9.33. The van der Waals surface area contributed by atoms with E-state index in [0.717, 1.165) is 0 Å². The lowest BCUT2D eigenvalue weighted by atomic mass is 10.3. The number of nitrogens with one attached hydrogen (secondary N) is 1. The Morgan fingerprint density at radius 1 is 1.21 bits per heavy atom. The summed E-state index contributed by atoms with van der Waals surface area (Å²) in [5.74, 6) is 0.563. The highest BCUT2D eigenvalue weighted by Crippen LogP contribution is 2.13. The van der Waals surface area contributed by atoms with E-state index in [4.69, 9.17) is 0 Å². The third kappa shape index (κ3) is 2.50. The van der Waals surface area contributed by atoms with E-state index in [1.165, 1.54) is 11.3 Å². The number of carbonyl (C=O) groups excluding carboxylic acids is 1. The van der Waals surface area contributed by atoms with E-state index in [0.29, 0.717) is 16.4 Å². The third-order valence-corrected chi connectivity index (χ3v) is 3.30. The zero-order valence-electron chi connectivity index (χ0n) is 9.72. The summed E-state index contributed by atoms with van der Waals surface area (Å²) in [5.41, 5.74) is 0.648. The first-order valence-electron chi connectivity index (χ1n) is 5.49. The van der Waals surface area contributed by atoms with Crippen molar-refractivity contribution in [3.63, 3.8) is 0 Å². The number of nitrogens with zero attached hydrogens (tertiary/aromatic N) is 4. The minimum Gasteiger partial charge on any atom is -0.320 e. The summed E-state index contributed by atoms with van der Waals surface area (Å²) in [4.78, 5) is 16.7. The van der Waals surface area contributed by atoms with Gasteiger partial charge in [0.2, 0.25) is 0 Å². The van der Waals surface area contributed by atoms with Crippen molar-refractivity contribution in [3.8, 4) is 5.82 Å². The summed E-state index contributed by atoms with van der Waals surface area (Å²) >= 11 is 1.40. The van der Waals surface area contributed by atoms with Crippen LogP contribution in [-0.4, -0.2) is 25.7 Å². The number of pyridine rings is 1. The number of rotatable bonds is 3. The molecule has 0 saturated heterocycles. The van der Waals surface area contributed by atoms with Crippen molar-refractivity contribution in [1.82, 2.24) is 19.7 Å². The van der Waals surface area contributed by atoms with Crippen molar-refractivity contribution >= 4 is 22.9 Å². The topological polar surface area (TPSA) is 72.7 Å². The third-order valence-electron chi connectivity index (χ3n) is 2.43. The number of anilines is 1. The molecule has 0 aromatic carbocycles.